The molecule has 1 fully saturated rings. The van der Waals surface area contributed by atoms with Crippen LogP contribution in [0.2, 0.25) is 0 Å². The number of aryl methyl sites for hydroxylation is 1. The first-order chi connectivity index (χ1) is 19.3. The molecule has 5 rings (SSSR count). The van der Waals surface area contributed by atoms with E-state index in [9.17, 15) is 18.8 Å². The second-order valence-electron chi connectivity index (χ2n) is 9.20. The highest BCUT2D eigenvalue weighted by Gasteiger charge is 2.31. The highest BCUT2D eigenvalue weighted by atomic mass is 32.1. The summed E-state index contributed by atoms with van der Waals surface area (Å²) in [6, 6.07) is 4.96. The van der Waals surface area contributed by atoms with E-state index in [4.69, 9.17) is 14.7 Å². The predicted molar refractivity (Wildman–Crippen MR) is 143 cm³/mol. The fourth-order valence-electron chi connectivity index (χ4n) is 4.91. The summed E-state index contributed by atoms with van der Waals surface area (Å²) >= 11 is 1.15. The Labute approximate surface area is 231 Å². The minimum absolute atomic E-state index is 0.00925. The molecule has 4 heterocycles. The number of aromatic nitrogens is 5. The molecular weight excluding hydrogens is 541 g/mol. The Kier molecular flexibility index (Phi) is 7.76. The zero-order valence-electron chi connectivity index (χ0n) is 21.8. The van der Waals surface area contributed by atoms with Crippen LogP contribution in [0.15, 0.2) is 40.2 Å². The maximum atomic E-state index is 14.4. The molecule has 1 aromatic carbocycles. The SMILES string of the molecule is COc1ccc(F)cc1[C@H](Cn1c(=O)n([C@@H]2CCCNC2=O)c(=O)c2c(C)c(-n3nccn3)sc21)OCCC#N. The molecule has 0 aliphatic carbocycles. The third kappa shape index (κ3) is 4.89. The van der Waals surface area contributed by atoms with Gasteiger partial charge in [-0.15, -0.1) is 4.80 Å². The summed E-state index contributed by atoms with van der Waals surface area (Å²) in [6.07, 6.45) is 3.05. The number of carbonyl (C=O) groups excluding carboxylic acids is 1. The molecule has 1 N–H and O–H groups in total. The quantitative estimate of drug-likeness (QED) is 0.304. The molecule has 3 aromatic heterocycles. The molecule has 14 heteroatoms. The van der Waals surface area contributed by atoms with E-state index in [2.05, 4.69) is 15.5 Å². The zero-order chi connectivity index (χ0) is 28.4. The van der Waals surface area contributed by atoms with Crippen LogP contribution in [-0.2, 0) is 16.1 Å². The maximum absolute atomic E-state index is 14.4. The van der Waals surface area contributed by atoms with E-state index in [0.717, 1.165) is 15.9 Å². The van der Waals surface area contributed by atoms with E-state index < -0.39 is 35.1 Å². The Morgan fingerprint density at radius 3 is 2.75 bits per heavy atom. The average molecular weight is 568 g/mol. The van der Waals surface area contributed by atoms with Crippen LogP contribution in [0.25, 0.3) is 15.2 Å². The summed E-state index contributed by atoms with van der Waals surface area (Å²) in [4.78, 5) is 42.4. The minimum Gasteiger partial charge on any atom is -0.496 e. The first kappa shape index (κ1) is 27.2. The first-order valence-corrected chi connectivity index (χ1v) is 13.4. The Morgan fingerprint density at radius 2 is 2.05 bits per heavy atom. The second kappa shape index (κ2) is 11.4. The van der Waals surface area contributed by atoms with E-state index in [-0.39, 0.29) is 25.0 Å². The number of thiophene rings is 1. The molecule has 2 atom stereocenters. The number of piperidine rings is 1. The third-order valence-electron chi connectivity index (χ3n) is 6.81. The van der Waals surface area contributed by atoms with Gasteiger partial charge in [0.1, 0.15) is 33.5 Å². The van der Waals surface area contributed by atoms with Crippen LogP contribution in [0.4, 0.5) is 4.39 Å². The van der Waals surface area contributed by atoms with E-state index >= 15 is 0 Å². The number of ether oxygens (including phenoxy) is 2. The second-order valence-corrected chi connectivity index (χ2v) is 10.2. The van der Waals surface area contributed by atoms with E-state index in [1.807, 2.05) is 6.07 Å². The van der Waals surface area contributed by atoms with Crippen molar-refractivity contribution in [1.29, 1.82) is 5.26 Å². The van der Waals surface area contributed by atoms with Crippen molar-refractivity contribution in [2.24, 2.45) is 0 Å². The minimum atomic E-state index is -0.989. The van der Waals surface area contributed by atoms with Crippen LogP contribution in [0.1, 0.15) is 42.5 Å². The zero-order valence-corrected chi connectivity index (χ0v) is 22.6. The lowest BCUT2D eigenvalue weighted by molar-refractivity contribution is -0.126. The van der Waals surface area contributed by atoms with Crippen molar-refractivity contribution >= 4 is 27.5 Å². The van der Waals surface area contributed by atoms with E-state index in [1.54, 1.807) is 6.92 Å². The topological polar surface area (TPSA) is 146 Å². The Morgan fingerprint density at radius 1 is 1.27 bits per heavy atom. The fourth-order valence-corrected chi connectivity index (χ4v) is 6.13. The van der Waals surface area contributed by atoms with Crippen molar-refractivity contribution < 1.29 is 18.7 Å². The van der Waals surface area contributed by atoms with Crippen molar-refractivity contribution in [2.45, 2.75) is 44.9 Å². The van der Waals surface area contributed by atoms with Gasteiger partial charge in [-0.05, 0) is 38.0 Å². The molecule has 0 spiro atoms. The molecule has 1 aliphatic rings. The molecule has 0 radical (unpaired) electrons. The van der Waals surface area contributed by atoms with Crippen LogP contribution in [-0.4, -0.2) is 50.3 Å². The van der Waals surface area contributed by atoms with Gasteiger partial charge < -0.3 is 14.8 Å². The van der Waals surface area contributed by atoms with Gasteiger partial charge in [0.25, 0.3) is 5.56 Å². The lowest BCUT2D eigenvalue weighted by atomic mass is 10.1. The van der Waals surface area contributed by atoms with E-state index in [1.165, 1.54) is 47.1 Å². The summed E-state index contributed by atoms with van der Waals surface area (Å²) in [5.41, 5.74) is -0.415. The number of hydrogen-bond acceptors (Lipinski definition) is 9. The van der Waals surface area contributed by atoms with Crippen LogP contribution in [0.3, 0.4) is 0 Å². The van der Waals surface area contributed by atoms with Gasteiger partial charge in [0.05, 0.1) is 50.5 Å². The smallest absolute Gasteiger partial charge is 0.332 e. The Balaban J connectivity index is 1.75. The number of benzene rings is 1. The lowest BCUT2D eigenvalue weighted by Gasteiger charge is -2.25. The predicted octanol–water partition coefficient (Wildman–Crippen LogP) is 2.38. The summed E-state index contributed by atoms with van der Waals surface area (Å²) in [6.45, 7) is 2.05. The molecule has 0 saturated carbocycles. The highest BCUT2D eigenvalue weighted by molar-refractivity contribution is 7.21. The summed E-state index contributed by atoms with van der Waals surface area (Å²) < 4.78 is 28.2. The Hall–Kier alpha value is -4.35. The van der Waals surface area contributed by atoms with Crippen molar-refractivity contribution in [3.05, 3.63) is 68.4 Å². The molecule has 1 amide bonds. The van der Waals surface area contributed by atoms with Crippen LogP contribution >= 0.6 is 11.3 Å². The molecule has 1 saturated heterocycles. The lowest BCUT2D eigenvalue weighted by Crippen LogP contribution is -2.49. The summed E-state index contributed by atoms with van der Waals surface area (Å²) in [5, 5.41) is 20.9. The molecular formula is C26H26FN7O5S. The number of carbonyl (C=O) groups is 1. The van der Waals surface area contributed by atoms with Gasteiger partial charge >= 0.3 is 5.69 Å². The Bertz CT molecular complexity index is 1720. The molecule has 40 heavy (non-hydrogen) atoms. The van der Waals surface area contributed by atoms with Gasteiger partial charge in [0.15, 0.2) is 0 Å². The van der Waals surface area contributed by atoms with Crippen molar-refractivity contribution in [2.75, 3.05) is 20.3 Å². The van der Waals surface area contributed by atoms with Gasteiger partial charge in [-0.2, -0.15) is 15.5 Å². The molecule has 4 aromatic rings. The maximum Gasteiger partial charge on any atom is 0.332 e. The molecule has 0 unspecified atom stereocenters. The highest BCUT2D eigenvalue weighted by Crippen LogP contribution is 2.34. The van der Waals surface area contributed by atoms with Crippen LogP contribution in [0, 0.1) is 24.1 Å². The number of amides is 1. The normalized spacial score (nSPS) is 16.1. The van der Waals surface area contributed by atoms with Crippen molar-refractivity contribution in [3.8, 4) is 16.8 Å². The number of methoxy groups -OCH3 is 1. The summed E-state index contributed by atoms with van der Waals surface area (Å²) in [7, 11) is 1.43. The number of rotatable bonds is 9. The number of nitrogens with zero attached hydrogens (tertiary/aromatic N) is 6. The fraction of sp³-hybridized carbons (Fsp3) is 0.385. The van der Waals surface area contributed by atoms with Gasteiger partial charge in [0, 0.05) is 17.7 Å². The van der Waals surface area contributed by atoms with E-state index in [0.29, 0.717) is 46.1 Å². The van der Waals surface area contributed by atoms with Gasteiger partial charge in [-0.1, -0.05) is 11.3 Å². The standard InChI is InChI=1S/C26H26FN7O5S/c1-15-21-23(36)33(18-5-3-9-29-22(18)35)26(37)32(25(21)40-24(15)34-30-10-11-31-34)14-20(39-12-4-8-28)17-13-16(27)6-7-19(17)38-2/h6-7,10-11,13,18,20H,3-5,9,12,14H2,1-2H3,(H,29,35)/t18-,20+/m1/s1. The number of fused-ring (bicyclic) bond motifs is 1. The third-order valence-corrected chi connectivity index (χ3v) is 8.09. The average Bonchev–Trinajstić information content (AvgIpc) is 3.59. The van der Waals surface area contributed by atoms with Crippen LogP contribution in [0.5, 0.6) is 5.75 Å². The molecule has 1 aliphatic heterocycles. The molecule has 0 bridgehead atoms. The number of nitriles is 1. The summed E-state index contributed by atoms with van der Waals surface area (Å²) in [5.74, 6) is -0.617. The van der Waals surface area contributed by atoms with Crippen LogP contribution < -0.4 is 21.3 Å². The van der Waals surface area contributed by atoms with Crippen molar-refractivity contribution in [3.63, 3.8) is 0 Å². The number of hydrogen-bond donors (Lipinski definition) is 1. The largest absolute Gasteiger partial charge is 0.496 e. The molecule has 208 valence electrons. The monoisotopic (exact) mass is 567 g/mol. The first-order valence-electron chi connectivity index (χ1n) is 12.6. The van der Waals surface area contributed by atoms with Crippen molar-refractivity contribution in [1.82, 2.24) is 29.4 Å². The molecule has 12 nitrogen and oxygen atoms in total. The number of nitrogens with one attached hydrogen (secondary N) is 1. The van der Waals surface area contributed by atoms with Gasteiger partial charge in [-0.25, -0.2) is 13.8 Å². The van der Waals surface area contributed by atoms with Gasteiger partial charge in [0.2, 0.25) is 5.91 Å². The van der Waals surface area contributed by atoms with Gasteiger partial charge in [-0.3, -0.25) is 14.2 Å². The number of halogens is 1.